The van der Waals surface area contributed by atoms with Crippen LogP contribution in [0.1, 0.15) is 16.7 Å². The van der Waals surface area contributed by atoms with Gasteiger partial charge in [0.05, 0.1) is 17.0 Å². The lowest BCUT2D eigenvalue weighted by Gasteiger charge is -2.39. The Morgan fingerprint density at radius 2 is 1.12 bits per heavy atom. The van der Waals surface area contributed by atoms with Crippen molar-refractivity contribution in [2.45, 2.75) is 0 Å². The van der Waals surface area contributed by atoms with E-state index in [-0.39, 0.29) is 0 Å². The van der Waals surface area contributed by atoms with Gasteiger partial charge in [-0.2, -0.15) is 0 Å². The second kappa shape index (κ2) is 4.73. The Hall–Kier alpha value is -3.13. The predicted octanol–water partition coefficient (Wildman–Crippen LogP) is 4.42. The fourth-order valence-electron chi connectivity index (χ4n) is 4.70. The van der Waals surface area contributed by atoms with E-state index in [2.05, 4.69) is 96.9 Å². The zero-order chi connectivity index (χ0) is 17.4. The maximum Gasteiger partial charge on any atom is 0.176 e. The number of rotatable bonds is 0. The lowest BCUT2D eigenvalue weighted by Crippen LogP contribution is -2.32. The maximum atomic E-state index is 2.27. The summed E-state index contributed by atoms with van der Waals surface area (Å²) >= 11 is 0. The van der Waals surface area contributed by atoms with Crippen LogP contribution in [0.4, 0.5) is 0 Å². The van der Waals surface area contributed by atoms with Gasteiger partial charge >= 0.3 is 0 Å². The van der Waals surface area contributed by atoms with Gasteiger partial charge < -0.3 is 4.90 Å². The molecule has 3 aromatic rings. The summed E-state index contributed by atoms with van der Waals surface area (Å²) in [6.45, 7) is 0. The van der Waals surface area contributed by atoms with Gasteiger partial charge in [0, 0.05) is 19.4 Å². The van der Waals surface area contributed by atoms with Crippen LogP contribution in [0.3, 0.4) is 0 Å². The molecular formula is C24H18N2+. The molecule has 0 unspecified atom stereocenters. The van der Waals surface area contributed by atoms with Gasteiger partial charge in [-0.3, -0.25) is 0 Å². The molecule has 0 spiro atoms. The van der Waals surface area contributed by atoms with Crippen LogP contribution in [0.5, 0.6) is 0 Å². The highest BCUT2D eigenvalue weighted by Gasteiger charge is 2.42. The van der Waals surface area contributed by atoms with Crippen molar-refractivity contribution in [3.63, 3.8) is 0 Å². The highest BCUT2D eigenvalue weighted by molar-refractivity contribution is 6.13. The van der Waals surface area contributed by atoms with Crippen molar-refractivity contribution in [1.29, 1.82) is 0 Å². The molecule has 1 radical (unpaired) electrons. The third-order valence-corrected chi connectivity index (χ3v) is 5.67. The Labute approximate surface area is 153 Å². The Morgan fingerprint density at radius 1 is 0.654 bits per heavy atom. The molecule has 6 rings (SSSR count). The summed E-state index contributed by atoms with van der Waals surface area (Å²) < 4.78 is 2.20. The molecular weight excluding hydrogens is 316 g/mol. The van der Waals surface area contributed by atoms with Crippen LogP contribution in [0.15, 0.2) is 73.3 Å². The highest BCUT2D eigenvalue weighted by Crippen LogP contribution is 2.58. The van der Waals surface area contributed by atoms with Crippen molar-refractivity contribution in [1.82, 2.24) is 4.90 Å². The topological polar surface area (TPSA) is 7.12 Å². The third-order valence-electron chi connectivity index (χ3n) is 5.67. The minimum absolute atomic E-state index is 1.32. The van der Waals surface area contributed by atoms with E-state index < -0.39 is 0 Å². The average Bonchev–Trinajstić information content (AvgIpc) is 2.67. The molecule has 3 aliphatic rings. The minimum atomic E-state index is 1.32. The normalized spacial score (nSPS) is 16.3. The fraction of sp³-hybridized carbons (Fsp3) is 0.0833. The molecule has 2 heterocycles. The van der Waals surface area contributed by atoms with E-state index >= 15 is 0 Å². The Morgan fingerprint density at radius 3 is 1.62 bits per heavy atom. The van der Waals surface area contributed by atoms with Crippen LogP contribution < -0.4 is 4.57 Å². The maximum absolute atomic E-state index is 2.27. The fourth-order valence-corrected chi connectivity index (χ4v) is 4.70. The van der Waals surface area contributed by atoms with E-state index in [0.29, 0.717) is 0 Å². The first-order chi connectivity index (χ1) is 12.7. The molecule has 2 heteroatoms. The summed E-state index contributed by atoms with van der Waals surface area (Å²) in [5.41, 5.74) is 12.0. The molecule has 0 fully saturated rings. The second-order valence-electron chi connectivity index (χ2n) is 7.34. The molecule has 1 aromatic heterocycles. The summed E-state index contributed by atoms with van der Waals surface area (Å²) in [6.07, 6.45) is 9.08. The van der Waals surface area contributed by atoms with E-state index in [0.717, 1.165) is 0 Å². The van der Waals surface area contributed by atoms with E-state index in [9.17, 15) is 0 Å². The number of allylic oxidation sites excluding steroid dienone is 2. The Balaban J connectivity index is 1.83. The van der Waals surface area contributed by atoms with Gasteiger partial charge in [0.1, 0.15) is 7.05 Å². The molecule has 0 amide bonds. The molecule has 2 aromatic carbocycles. The number of benzene rings is 2. The van der Waals surface area contributed by atoms with Crippen molar-refractivity contribution in [3.05, 3.63) is 95.9 Å². The monoisotopic (exact) mass is 334 g/mol. The first-order valence-electron chi connectivity index (χ1n) is 8.99. The van der Waals surface area contributed by atoms with E-state index in [1.807, 2.05) is 0 Å². The summed E-state index contributed by atoms with van der Waals surface area (Å²) in [5, 5.41) is 0. The molecule has 2 aliphatic carbocycles. The van der Waals surface area contributed by atoms with Crippen molar-refractivity contribution in [2.75, 3.05) is 7.05 Å². The highest BCUT2D eigenvalue weighted by atomic mass is 15.1. The Bertz CT molecular complexity index is 1080. The number of hydrogen-bond acceptors (Lipinski definition) is 1. The number of pyridine rings is 1. The van der Waals surface area contributed by atoms with Crippen molar-refractivity contribution in [3.8, 4) is 22.3 Å². The van der Waals surface area contributed by atoms with Gasteiger partial charge in [-0.25, -0.2) is 4.57 Å². The lowest BCUT2D eigenvalue weighted by molar-refractivity contribution is -0.670. The summed E-state index contributed by atoms with van der Waals surface area (Å²) in [6, 6.07) is 17.6. The SMILES string of the molecule is CN1C=C2[C]3C(=C1)c1ccccc1-c1c[n+](C)cc(c13)-c1ccccc12. The molecule has 26 heavy (non-hydrogen) atoms. The molecule has 0 saturated carbocycles. The summed E-state index contributed by atoms with van der Waals surface area (Å²) in [4.78, 5) is 2.20. The van der Waals surface area contributed by atoms with Crippen LogP contribution in [0.2, 0.25) is 0 Å². The van der Waals surface area contributed by atoms with Gasteiger partial charge in [0.15, 0.2) is 12.4 Å². The number of aryl methyl sites for hydroxylation is 1. The van der Waals surface area contributed by atoms with E-state index in [4.69, 9.17) is 0 Å². The van der Waals surface area contributed by atoms with Crippen molar-refractivity contribution < 1.29 is 4.57 Å². The van der Waals surface area contributed by atoms with Gasteiger partial charge in [0.2, 0.25) is 0 Å². The second-order valence-corrected chi connectivity index (χ2v) is 7.34. The van der Waals surface area contributed by atoms with Gasteiger partial charge in [-0.05, 0) is 39.0 Å². The Kier molecular flexibility index (Phi) is 2.56. The van der Waals surface area contributed by atoms with Gasteiger partial charge in [0.25, 0.3) is 0 Å². The number of fused-ring (bicyclic) bond motifs is 6. The van der Waals surface area contributed by atoms with Crippen molar-refractivity contribution >= 4 is 11.1 Å². The van der Waals surface area contributed by atoms with Gasteiger partial charge in [-0.1, -0.05) is 48.5 Å². The molecule has 123 valence electrons. The molecule has 0 bridgehead atoms. The summed E-state index contributed by atoms with van der Waals surface area (Å²) in [7, 11) is 4.25. The van der Waals surface area contributed by atoms with Crippen molar-refractivity contribution in [2.24, 2.45) is 7.05 Å². The predicted molar refractivity (Wildman–Crippen MR) is 105 cm³/mol. The quantitative estimate of drug-likeness (QED) is 0.552. The lowest BCUT2D eigenvalue weighted by atomic mass is 9.65. The molecule has 1 aliphatic heterocycles. The zero-order valence-corrected chi connectivity index (χ0v) is 14.8. The first-order valence-corrected chi connectivity index (χ1v) is 8.99. The van der Waals surface area contributed by atoms with E-state index in [1.54, 1.807) is 0 Å². The van der Waals surface area contributed by atoms with Crippen LogP contribution >= 0.6 is 0 Å². The van der Waals surface area contributed by atoms with E-state index in [1.165, 1.54) is 56.0 Å². The molecule has 0 N–H and O–H groups in total. The molecule has 0 saturated heterocycles. The standard InChI is InChI=1S/C24H18N2/c1-25-11-19-15-7-3-5-9-17(15)21-13-26(2)14-22-18-10-6-4-8-16(18)20(12-25)23(19)24(21)22/h3-14H,1-2H3/q+1. The van der Waals surface area contributed by atoms with Crippen LogP contribution in [-0.4, -0.2) is 11.9 Å². The minimum Gasteiger partial charge on any atom is -0.357 e. The molecule has 0 atom stereocenters. The van der Waals surface area contributed by atoms with Crippen LogP contribution in [-0.2, 0) is 7.05 Å². The third kappa shape index (κ3) is 1.64. The number of hydrogen-bond donors (Lipinski definition) is 0. The van der Waals surface area contributed by atoms with Gasteiger partial charge in [-0.15, -0.1) is 0 Å². The number of aromatic nitrogens is 1. The first kappa shape index (κ1) is 14.1. The van der Waals surface area contributed by atoms with Crippen LogP contribution in [0, 0.1) is 5.92 Å². The van der Waals surface area contributed by atoms with Crippen LogP contribution in [0.25, 0.3) is 33.4 Å². The summed E-state index contributed by atoms with van der Waals surface area (Å²) in [5.74, 6) is 1.38. The zero-order valence-electron chi connectivity index (χ0n) is 14.8. The molecule has 2 nitrogen and oxygen atoms in total. The smallest absolute Gasteiger partial charge is 0.176 e. The average molecular weight is 334 g/mol. The largest absolute Gasteiger partial charge is 0.357 e. The number of nitrogens with zero attached hydrogens (tertiary/aromatic N) is 2.